The Morgan fingerprint density at radius 3 is 2.71 bits per heavy atom. The number of amides is 1. The van der Waals surface area contributed by atoms with Crippen LogP contribution in [0.25, 0.3) is 0 Å². The van der Waals surface area contributed by atoms with Crippen LogP contribution in [0.2, 0.25) is 0 Å². The van der Waals surface area contributed by atoms with Crippen LogP contribution >= 0.6 is 0 Å². The second kappa shape index (κ2) is 5.82. The number of rotatable bonds is 3. The lowest BCUT2D eigenvalue weighted by atomic mass is 10.4. The highest BCUT2D eigenvalue weighted by Crippen LogP contribution is 1.98. The van der Waals surface area contributed by atoms with Gasteiger partial charge in [0.05, 0.1) is 6.10 Å². The van der Waals surface area contributed by atoms with Gasteiger partial charge in [-0.3, -0.25) is 0 Å². The molecule has 82 valence electrons. The first-order valence-electron chi connectivity index (χ1n) is 4.89. The van der Waals surface area contributed by atoms with E-state index in [2.05, 4.69) is 5.32 Å². The van der Waals surface area contributed by atoms with Gasteiger partial charge in [-0.2, -0.15) is 0 Å². The maximum absolute atomic E-state index is 11.4. The number of nitrogens with one attached hydrogen (secondary N) is 1. The SMILES string of the molecule is COC(C)COC(=O)N1CCNCC1. The fourth-order valence-corrected chi connectivity index (χ4v) is 1.20. The van der Waals surface area contributed by atoms with Gasteiger partial charge in [0.1, 0.15) is 6.61 Å². The molecule has 0 radical (unpaired) electrons. The Hall–Kier alpha value is -0.810. The number of carbonyl (C=O) groups is 1. The molecule has 1 rings (SSSR count). The third-order valence-electron chi connectivity index (χ3n) is 2.22. The summed E-state index contributed by atoms with van der Waals surface area (Å²) in [5.74, 6) is 0. The lowest BCUT2D eigenvalue weighted by molar-refractivity contribution is 0.0300. The molecule has 0 aromatic carbocycles. The van der Waals surface area contributed by atoms with Gasteiger partial charge in [0.2, 0.25) is 0 Å². The van der Waals surface area contributed by atoms with Crippen LogP contribution in [-0.4, -0.2) is 57.0 Å². The molecular formula is C9H18N2O3. The van der Waals surface area contributed by atoms with Crippen molar-refractivity contribution in [3.63, 3.8) is 0 Å². The topological polar surface area (TPSA) is 50.8 Å². The summed E-state index contributed by atoms with van der Waals surface area (Å²) in [7, 11) is 1.60. The molecule has 1 atom stereocenters. The Morgan fingerprint density at radius 2 is 2.14 bits per heavy atom. The van der Waals surface area contributed by atoms with Gasteiger partial charge in [-0.15, -0.1) is 0 Å². The average molecular weight is 202 g/mol. The molecule has 0 aromatic rings. The first-order chi connectivity index (χ1) is 6.74. The zero-order valence-corrected chi connectivity index (χ0v) is 8.78. The summed E-state index contributed by atoms with van der Waals surface area (Å²) >= 11 is 0. The van der Waals surface area contributed by atoms with Gasteiger partial charge in [-0.05, 0) is 6.92 Å². The van der Waals surface area contributed by atoms with Crippen molar-refractivity contribution in [3.8, 4) is 0 Å². The van der Waals surface area contributed by atoms with Gasteiger partial charge < -0.3 is 19.7 Å². The second-order valence-corrected chi connectivity index (χ2v) is 3.36. The van der Waals surface area contributed by atoms with Crippen molar-refractivity contribution in [2.45, 2.75) is 13.0 Å². The lowest BCUT2D eigenvalue weighted by Crippen LogP contribution is -2.47. The van der Waals surface area contributed by atoms with E-state index in [-0.39, 0.29) is 12.2 Å². The summed E-state index contributed by atoms with van der Waals surface area (Å²) in [5.41, 5.74) is 0. The first-order valence-corrected chi connectivity index (χ1v) is 4.89. The number of ether oxygens (including phenoxy) is 2. The minimum absolute atomic E-state index is 0.0399. The molecule has 0 saturated carbocycles. The normalized spacial score (nSPS) is 19.1. The average Bonchev–Trinajstić information content (AvgIpc) is 2.26. The van der Waals surface area contributed by atoms with Crippen LogP contribution in [0, 0.1) is 0 Å². The summed E-state index contributed by atoms with van der Waals surface area (Å²) in [4.78, 5) is 13.1. The maximum Gasteiger partial charge on any atom is 0.409 e. The monoisotopic (exact) mass is 202 g/mol. The van der Waals surface area contributed by atoms with E-state index >= 15 is 0 Å². The number of hydrogen-bond acceptors (Lipinski definition) is 4. The van der Waals surface area contributed by atoms with E-state index < -0.39 is 0 Å². The smallest absolute Gasteiger partial charge is 0.409 e. The minimum atomic E-state index is -0.240. The summed E-state index contributed by atoms with van der Waals surface area (Å²) in [6, 6.07) is 0. The highest BCUT2D eigenvalue weighted by molar-refractivity contribution is 5.67. The van der Waals surface area contributed by atoms with Crippen molar-refractivity contribution < 1.29 is 14.3 Å². The van der Waals surface area contributed by atoms with Crippen molar-refractivity contribution in [2.75, 3.05) is 39.9 Å². The van der Waals surface area contributed by atoms with Crippen LogP contribution in [0.5, 0.6) is 0 Å². The Morgan fingerprint density at radius 1 is 1.50 bits per heavy atom. The van der Waals surface area contributed by atoms with Gasteiger partial charge in [0.15, 0.2) is 0 Å². The molecule has 1 aliphatic heterocycles. The minimum Gasteiger partial charge on any atom is -0.447 e. The molecule has 1 saturated heterocycles. The maximum atomic E-state index is 11.4. The Labute approximate surface area is 84.4 Å². The molecule has 0 aromatic heterocycles. The van der Waals surface area contributed by atoms with E-state index in [1.165, 1.54) is 0 Å². The molecule has 5 nitrogen and oxygen atoms in total. The quantitative estimate of drug-likeness (QED) is 0.703. The van der Waals surface area contributed by atoms with Gasteiger partial charge in [-0.25, -0.2) is 4.79 Å². The fourth-order valence-electron chi connectivity index (χ4n) is 1.20. The lowest BCUT2D eigenvalue weighted by Gasteiger charge is -2.26. The molecule has 0 spiro atoms. The molecule has 1 aliphatic rings. The van der Waals surface area contributed by atoms with Crippen molar-refractivity contribution in [1.29, 1.82) is 0 Å². The Kier molecular flexibility index (Phi) is 4.69. The summed E-state index contributed by atoms with van der Waals surface area (Å²) < 4.78 is 10.0. The molecule has 0 bridgehead atoms. The van der Waals surface area contributed by atoms with Crippen molar-refractivity contribution in [3.05, 3.63) is 0 Å². The zero-order chi connectivity index (χ0) is 10.4. The third-order valence-corrected chi connectivity index (χ3v) is 2.22. The van der Waals surface area contributed by atoms with Crippen LogP contribution in [-0.2, 0) is 9.47 Å². The number of piperazine rings is 1. The van der Waals surface area contributed by atoms with Gasteiger partial charge in [0.25, 0.3) is 0 Å². The molecule has 1 N–H and O–H groups in total. The molecule has 1 fully saturated rings. The molecule has 0 aliphatic carbocycles. The van der Waals surface area contributed by atoms with Crippen LogP contribution in [0.15, 0.2) is 0 Å². The molecular weight excluding hydrogens is 184 g/mol. The van der Waals surface area contributed by atoms with Crippen molar-refractivity contribution in [2.24, 2.45) is 0 Å². The summed E-state index contributed by atoms with van der Waals surface area (Å²) in [6.07, 6.45) is -0.280. The van der Waals surface area contributed by atoms with E-state index in [0.717, 1.165) is 26.2 Å². The first kappa shape index (κ1) is 11.3. The number of methoxy groups -OCH3 is 1. The van der Waals surface area contributed by atoms with Crippen LogP contribution < -0.4 is 5.32 Å². The molecule has 1 amide bonds. The van der Waals surface area contributed by atoms with Gasteiger partial charge >= 0.3 is 6.09 Å². The molecule has 14 heavy (non-hydrogen) atoms. The van der Waals surface area contributed by atoms with Gasteiger partial charge in [0, 0.05) is 33.3 Å². The van der Waals surface area contributed by atoms with Crippen molar-refractivity contribution >= 4 is 6.09 Å². The predicted molar refractivity (Wildman–Crippen MR) is 52.3 cm³/mol. The van der Waals surface area contributed by atoms with Crippen LogP contribution in [0.4, 0.5) is 4.79 Å². The predicted octanol–water partition coefficient (Wildman–Crippen LogP) is 0.0631. The number of nitrogens with zero attached hydrogens (tertiary/aromatic N) is 1. The van der Waals surface area contributed by atoms with E-state index in [0.29, 0.717) is 6.61 Å². The van der Waals surface area contributed by atoms with Crippen LogP contribution in [0.3, 0.4) is 0 Å². The van der Waals surface area contributed by atoms with E-state index in [1.54, 1.807) is 12.0 Å². The van der Waals surface area contributed by atoms with Crippen molar-refractivity contribution in [1.82, 2.24) is 10.2 Å². The summed E-state index contributed by atoms with van der Waals surface area (Å²) in [6.45, 7) is 5.31. The molecule has 1 unspecified atom stereocenters. The Balaban J connectivity index is 2.19. The largest absolute Gasteiger partial charge is 0.447 e. The summed E-state index contributed by atoms with van der Waals surface area (Å²) in [5, 5.41) is 3.17. The molecule has 1 heterocycles. The standard InChI is InChI=1S/C9H18N2O3/c1-8(13-2)7-14-9(12)11-5-3-10-4-6-11/h8,10H,3-7H2,1-2H3. The third kappa shape index (κ3) is 3.51. The Bertz CT molecular complexity index is 181. The zero-order valence-electron chi connectivity index (χ0n) is 8.78. The molecule has 5 heteroatoms. The number of hydrogen-bond donors (Lipinski definition) is 1. The highest BCUT2D eigenvalue weighted by Gasteiger charge is 2.17. The van der Waals surface area contributed by atoms with E-state index in [1.807, 2.05) is 6.92 Å². The number of carbonyl (C=O) groups excluding carboxylic acids is 1. The van der Waals surface area contributed by atoms with E-state index in [9.17, 15) is 4.79 Å². The second-order valence-electron chi connectivity index (χ2n) is 3.36. The fraction of sp³-hybridized carbons (Fsp3) is 0.889. The van der Waals surface area contributed by atoms with Crippen LogP contribution in [0.1, 0.15) is 6.92 Å². The highest BCUT2D eigenvalue weighted by atomic mass is 16.6. The van der Waals surface area contributed by atoms with Gasteiger partial charge in [-0.1, -0.05) is 0 Å². The van der Waals surface area contributed by atoms with E-state index in [4.69, 9.17) is 9.47 Å².